The lowest BCUT2D eigenvalue weighted by molar-refractivity contribution is -0.119. The average molecular weight is 485 g/mol. The quantitative estimate of drug-likeness (QED) is 0.620. The van der Waals surface area contributed by atoms with Gasteiger partial charge in [-0.05, 0) is 62.1 Å². The summed E-state index contributed by atoms with van der Waals surface area (Å²) in [6, 6.07) is 7.43. The number of esters is 1. The number of carbonyl (C=O) groups excluding carboxylic acids is 2. The molecule has 2 aromatic rings. The van der Waals surface area contributed by atoms with Gasteiger partial charge in [0.05, 0.1) is 26.2 Å². The second kappa shape index (κ2) is 9.56. The Labute approximate surface area is 191 Å². The van der Waals surface area contributed by atoms with E-state index in [4.69, 9.17) is 27.9 Å². The van der Waals surface area contributed by atoms with Crippen LogP contribution in [0.5, 0.6) is 0 Å². The Balaban J connectivity index is 1.70. The first kappa shape index (κ1) is 23.5. The molecule has 0 radical (unpaired) electrons. The van der Waals surface area contributed by atoms with Crippen LogP contribution in [0.15, 0.2) is 35.2 Å². The number of nitrogens with zero attached hydrogens (tertiary/aromatic N) is 1. The second-order valence-electron chi connectivity index (χ2n) is 7.32. The summed E-state index contributed by atoms with van der Waals surface area (Å²) in [6.45, 7) is 3.97. The Bertz CT molecular complexity index is 1110. The Morgan fingerprint density at radius 1 is 1.06 bits per heavy atom. The van der Waals surface area contributed by atoms with Gasteiger partial charge in [0, 0.05) is 13.1 Å². The molecule has 0 saturated carbocycles. The van der Waals surface area contributed by atoms with Crippen LogP contribution in [0, 0.1) is 13.8 Å². The first-order valence-electron chi connectivity index (χ1n) is 9.63. The molecule has 0 bridgehead atoms. The lowest BCUT2D eigenvalue weighted by Gasteiger charge is -2.16. The first-order valence-corrected chi connectivity index (χ1v) is 11.8. The fourth-order valence-electron chi connectivity index (χ4n) is 3.36. The zero-order valence-corrected chi connectivity index (χ0v) is 19.4. The van der Waals surface area contributed by atoms with E-state index >= 15 is 0 Å². The average Bonchev–Trinajstić information content (AvgIpc) is 3.25. The third-order valence-corrected chi connectivity index (χ3v) is 7.41. The number of hydrogen-bond acceptors (Lipinski definition) is 5. The zero-order chi connectivity index (χ0) is 22.8. The van der Waals surface area contributed by atoms with Gasteiger partial charge in [-0.3, -0.25) is 4.79 Å². The van der Waals surface area contributed by atoms with Gasteiger partial charge in [0.1, 0.15) is 0 Å². The summed E-state index contributed by atoms with van der Waals surface area (Å²) in [5, 5.41) is 3.02. The molecule has 31 heavy (non-hydrogen) atoms. The Kier molecular flexibility index (Phi) is 7.26. The number of sulfonamides is 1. The SMILES string of the molecule is Cc1cc(C)c(NC(=O)COC(=O)c2cc(S(=O)(=O)N3CCCC3)ccc2Cl)c(Cl)c1. The zero-order valence-electron chi connectivity index (χ0n) is 17.1. The van der Waals surface area contributed by atoms with Crippen molar-refractivity contribution in [3.8, 4) is 0 Å². The van der Waals surface area contributed by atoms with E-state index in [0.717, 1.165) is 24.0 Å². The smallest absolute Gasteiger partial charge is 0.340 e. The van der Waals surface area contributed by atoms with E-state index in [2.05, 4.69) is 5.32 Å². The minimum absolute atomic E-state index is 0.0307. The predicted molar refractivity (Wildman–Crippen MR) is 119 cm³/mol. The predicted octanol–water partition coefficient (Wildman–Crippen LogP) is 4.19. The van der Waals surface area contributed by atoms with Crippen molar-refractivity contribution < 1.29 is 22.7 Å². The second-order valence-corrected chi connectivity index (χ2v) is 10.1. The number of halogens is 2. The molecule has 1 saturated heterocycles. The summed E-state index contributed by atoms with van der Waals surface area (Å²) in [6.07, 6.45) is 1.59. The summed E-state index contributed by atoms with van der Waals surface area (Å²) in [5.74, 6) is -1.48. The molecule has 1 fully saturated rings. The van der Waals surface area contributed by atoms with Crippen LogP contribution in [0.4, 0.5) is 5.69 Å². The Morgan fingerprint density at radius 2 is 1.74 bits per heavy atom. The molecule has 0 aromatic heterocycles. The van der Waals surface area contributed by atoms with Crippen LogP contribution in [0.1, 0.15) is 34.3 Å². The van der Waals surface area contributed by atoms with Crippen molar-refractivity contribution in [3.63, 3.8) is 0 Å². The molecular weight excluding hydrogens is 463 g/mol. The van der Waals surface area contributed by atoms with Gasteiger partial charge < -0.3 is 10.1 Å². The minimum Gasteiger partial charge on any atom is -0.452 e. The monoisotopic (exact) mass is 484 g/mol. The molecule has 1 aliphatic heterocycles. The third kappa shape index (κ3) is 5.38. The molecule has 3 rings (SSSR count). The first-order chi connectivity index (χ1) is 14.6. The maximum absolute atomic E-state index is 12.7. The van der Waals surface area contributed by atoms with E-state index in [9.17, 15) is 18.0 Å². The van der Waals surface area contributed by atoms with E-state index < -0.39 is 28.5 Å². The number of benzene rings is 2. The maximum atomic E-state index is 12.7. The minimum atomic E-state index is -3.72. The number of amides is 1. The molecule has 10 heteroatoms. The highest BCUT2D eigenvalue weighted by Crippen LogP contribution is 2.28. The molecule has 0 atom stereocenters. The van der Waals surface area contributed by atoms with Crippen molar-refractivity contribution >= 4 is 50.8 Å². The number of rotatable bonds is 6. The molecule has 1 aliphatic rings. The molecule has 0 aliphatic carbocycles. The molecule has 7 nitrogen and oxygen atoms in total. The Hall–Kier alpha value is -2.13. The van der Waals surface area contributed by atoms with Crippen LogP contribution >= 0.6 is 23.2 Å². The van der Waals surface area contributed by atoms with Gasteiger partial charge in [0.25, 0.3) is 5.91 Å². The number of anilines is 1. The maximum Gasteiger partial charge on any atom is 0.340 e. The van der Waals surface area contributed by atoms with Gasteiger partial charge in [0.2, 0.25) is 10.0 Å². The van der Waals surface area contributed by atoms with Crippen molar-refractivity contribution in [2.75, 3.05) is 25.0 Å². The summed E-state index contributed by atoms with van der Waals surface area (Å²) in [4.78, 5) is 24.7. The number of aryl methyl sites for hydroxylation is 2. The topological polar surface area (TPSA) is 92.8 Å². The van der Waals surface area contributed by atoms with Crippen LogP contribution in [-0.2, 0) is 19.6 Å². The third-order valence-electron chi connectivity index (χ3n) is 4.89. The normalized spacial score (nSPS) is 14.5. The number of hydrogen-bond donors (Lipinski definition) is 1. The van der Waals surface area contributed by atoms with Crippen LogP contribution in [0.2, 0.25) is 10.0 Å². The van der Waals surface area contributed by atoms with Crippen molar-refractivity contribution in [2.24, 2.45) is 0 Å². The molecule has 0 spiro atoms. The van der Waals surface area contributed by atoms with Crippen LogP contribution in [0.25, 0.3) is 0 Å². The molecule has 1 N–H and O–H groups in total. The lowest BCUT2D eigenvalue weighted by Crippen LogP contribution is -2.28. The fraction of sp³-hybridized carbons (Fsp3) is 0.333. The highest BCUT2D eigenvalue weighted by molar-refractivity contribution is 7.89. The molecule has 1 amide bonds. The van der Waals surface area contributed by atoms with Crippen molar-refractivity contribution in [2.45, 2.75) is 31.6 Å². The van der Waals surface area contributed by atoms with Gasteiger partial charge in [-0.15, -0.1) is 0 Å². The summed E-state index contributed by atoms with van der Waals surface area (Å²) < 4.78 is 31.9. The summed E-state index contributed by atoms with van der Waals surface area (Å²) in [7, 11) is -3.72. The van der Waals surface area contributed by atoms with E-state index in [1.807, 2.05) is 13.0 Å². The highest BCUT2D eigenvalue weighted by atomic mass is 35.5. The highest BCUT2D eigenvalue weighted by Gasteiger charge is 2.28. The fourth-order valence-corrected chi connectivity index (χ4v) is 5.46. The van der Waals surface area contributed by atoms with Crippen LogP contribution < -0.4 is 5.32 Å². The number of carbonyl (C=O) groups is 2. The van der Waals surface area contributed by atoms with E-state index in [0.29, 0.717) is 23.8 Å². The molecule has 166 valence electrons. The van der Waals surface area contributed by atoms with Crippen LogP contribution in [-0.4, -0.2) is 44.3 Å². The van der Waals surface area contributed by atoms with Crippen molar-refractivity contribution in [1.82, 2.24) is 4.31 Å². The van der Waals surface area contributed by atoms with Gasteiger partial charge >= 0.3 is 5.97 Å². The van der Waals surface area contributed by atoms with E-state index in [1.165, 1.54) is 22.5 Å². The molecule has 2 aromatic carbocycles. The Morgan fingerprint density at radius 3 is 2.39 bits per heavy atom. The van der Waals surface area contributed by atoms with Gasteiger partial charge in [-0.2, -0.15) is 4.31 Å². The molecular formula is C21H22Cl2N2O5S. The van der Waals surface area contributed by atoms with Gasteiger partial charge in [-0.25, -0.2) is 13.2 Å². The van der Waals surface area contributed by atoms with Crippen molar-refractivity contribution in [1.29, 1.82) is 0 Å². The van der Waals surface area contributed by atoms with Crippen molar-refractivity contribution in [3.05, 3.63) is 57.1 Å². The summed E-state index contributed by atoms with van der Waals surface area (Å²) >= 11 is 12.2. The lowest BCUT2D eigenvalue weighted by atomic mass is 10.1. The van der Waals surface area contributed by atoms with Crippen LogP contribution in [0.3, 0.4) is 0 Å². The van der Waals surface area contributed by atoms with Gasteiger partial charge in [0.15, 0.2) is 6.61 Å². The summed E-state index contributed by atoms with van der Waals surface area (Å²) in [5.41, 5.74) is 2.03. The molecule has 1 heterocycles. The number of ether oxygens (including phenoxy) is 1. The van der Waals surface area contributed by atoms with E-state index in [-0.39, 0.29) is 15.5 Å². The van der Waals surface area contributed by atoms with Gasteiger partial charge in [-0.1, -0.05) is 29.3 Å². The largest absolute Gasteiger partial charge is 0.452 e. The van der Waals surface area contributed by atoms with E-state index in [1.54, 1.807) is 13.0 Å². The molecule has 0 unspecified atom stereocenters. The number of nitrogens with one attached hydrogen (secondary N) is 1. The standard InChI is InChI=1S/C21H22Cl2N2O5S/c1-13-9-14(2)20(18(23)10-13)24-19(26)12-30-21(27)16-11-15(5-6-17(16)22)31(28,29)25-7-3-4-8-25/h5-6,9-11H,3-4,7-8,12H2,1-2H3,(H,24,26).